The summed E-state index contributed by atoms with van der Waals surface area (Å²) in [6.45, 7) is 11.2. The van der Waals surface area contributed by atoms with Gasteiger partial charge in [0.2, 0.25) is 0 Å². The van der Waals surface area contributed by atoms with E-state index in [1.807, 2.05) is 26.0 Å². The van der Waals surface area contributed by atoms with Crippen LogP contribution >= 0.6 is 7.60 Å². The van der Waals surface area contributed by atoms with E-state index in [0.29, 0.717) is 29.9 Å². The van der Waals surface area contributed by atoms with Crippen molar-refractivity contribution >= 4 is 19.3 Å². The van der Waals surface area contributed by atoms with Crippen molar-refractivity contribution in [2.75, 3.05) is 53.2 Å². The van der Waals surface area contributed by atoms with Crippen LogP contribution in [0.2, 0.25) is 0 Å². The molecule has 0 aromatic heterocycles. The largest absolute Gasteiger partial charge is 0.461 e. The lowest BCUT2D eigenvalue weighted by atomic mass is 9.85. The van der Waals surface area contributed by atoms with Gasteiger partial charge in [-0.05, 0) is 44.4 Å². The van der Waals surface area contributed by atoms with Crippen LogP contribution in [0.25, 0.3) is 0 Å². The first-order valence-corrected chi connectivity index (χ1v) is 19.7. The first kappa shape index (κ1) is 38.6. The summed E-state index contributed by atoms with van der Waals surface area (Å²) >= 11 is 0. The quantitative estimate of drug-likeness (QED) is 0.0795. The zero-order chi connectivity index (χ0) is 37.7. The SMILES string of the molecule is COCN1C(C)=C(C(=O)OCCN2CCN(C(c3ccccc3)c3ccccc3)CC2)[C@@H](c2cccc([N+](=O)[O-])c2)C(P2(=O)O[C@H](C)C[C@H](C)O2)=C1C. The highest BCUT2D eigenvalue weighted by Gasteiger charge is 2.49. The number of carbonyl (C=O) groups is 1. The summed E-state index contributed by atoms with van der Waals surface area (Å²) in [5, 5.41) is 12.1. The summed E-state index contributed by atoms with van der Waals surface area (Å²) < 4.78 is 38.6. The minimum absolute atomic E-state index is 0.0575. The van der Waals surface area contributed by atoms with Crippen LogP contribution < -0.4 is 0 Å². The van der Waals surface area contributed by atoms with Gasteiger partial charge in [-0.1, -0.05) is 72.8 Å². The monoisotopic (exact) mass is 744 g/mol. The van der Waals surface area contributed by atoms with Gasteiger partial charge in [0.1, 0.15) is 13.3 Å². The lowest BCUT2D eigenvalue weighted by Gasteiger charge is -2.42. The number of rotatable bonds is 12. The van der Waals surface area contributed by atoms with Crippen LogP contribution in [0, 0.1) is 10.1 Å². The second kappa shape index (κ2) is 16.9. The van der Waals surface area contributed by atoms with Crippen LogP contribution in [-0.2, 0) is 27.9 Å². The first-order chi connectivity index (χ1) is 25.5. The number of ether oxygens (including phenoxy) is 2. The van der Waals surface area contributed by atoms with Crippen molar-refractivity contribution in [2.45, 2.75) is 58.3 Å². The molecule has 0 saturated carbocycles. The molecule has 6 rings (SSSR count). The summed E-state index contributed by atoms with van der Waals surface area (Å²) in [7, 11) is -2.50. The Hall–Kier alpha value is -4.16. The second-order valence-corrected chi connectivity index (χ2v) is 15.8. The van der Waals surface area contributed by atoms with Gasteiger partial charge in [-0.25, -0.2) is 4.79 Å². The maximum atomic E-state index is 14.8. The molecule has 53 heavy (non-hydrogen) atoms. The van der Waals surface area contributed by atoms with E-state index in [1.165, 1.54) is 30.4 Å². The van der Waals surface area contributed by atoms with Crippen molar-refractivity contribution in [3.8, 4) is 0 Å². The third-order valence-corrected chi connectivity index (χ3v) is 12.7. The molecule has 3 heterocycles. The molecule has 2 fully saturated rings. The molecular formula is C40H49N4O8P. The van der Waals surface area contributed by atoms with Crippen molar-refractivity contribution < 1.29 is 32.8 Å². The fourth-order valence-electron chi connectivity index (χ4n) is 7.82. The Kier molecular flexibility index (Phi) is 12.3. The summed E-state index contributed by atoms with van der Waals surface area (Å²) in [6.07, 6.45) is -0.230. The summed E-state index contributed by atoms with van der Waals surface area (Å²) in [4.78, 5) is 32.3. The third kappa shape index (κ3) is 8.49. The number of carbonyl (C=O) groups excluding carboxylic acids is 1. The Bertz CT molecular complexity index is 1830. The van der Waals surface area contributed by atoms with Crippen molar-refractivity contribution in [1.82, 2.24) is 14.7 Å². The first-order valence-electron chi connectivity index (χ1n) is 18.1. The van der Waals surface area contributed by atoms with Crippen LogP contribution in [-0.4, -0.2) is 91.0 Å². The molecule has 0 spiro atoms. The van der Waals surface area contributed by atoms with Crippen LogP contribution in [0.15, 0.2) is 107 Å². The lowest BCUT2D eigenvalue weighted by molar-refractivity contribution is -0.384. The molecule has 0 aliphatic carbocycles. The van der Waals surface area contributed by atoms with Crippen LogP contribution in [0.3, 0.4) is 0 Å². The van der Waals surface area contributed by atoms with Crippen LogP contribution in [0.5, 0.6) is 0 Å². The number of nitro groups is 1. The topological polar surface area (TPSA) is 124 Å². The maximum Gasteiger partial charge on any atom is 0.360 e. The normalized spacial score (nSPS) is 24.5. The molecule has 2 saturated heterocycles. The average Bonchev–Trinajstić information content (AvgIpc) is 3.14. The molecule has 4 atom stereocenters. The van der Waals surface area contributed by atoms with Gasteiger partial charge in [0.25, 0.3) is 5.69 Å². The summed E-state index contributed by atoms with van der Waals surface area (Å²) in [5.41, 5.74) is 4.01. The molecule has 0 N–H and O–H groups in total. The number of non-ortho nitro benzene ring substituents is 1. The number of nitro benzene ring substituents is 1. The van der Waals surface area contributed by atoms with Crippen LogP contribution in [0.1, 0.15) is 62.8 Å². The highest BCUT2D eigenvalue weighted by Crippen LogP contribution is 2.68. The Labute approximate surface area is 311 Å². The van der Waals surface area contributed by atoms with Gasteiger partial charge in [0.15, 0.2) is 0 Å². The van der Waals surface area contributed by atoms with E-state index in [2.05, 4.69) is 58.3 Å². The van der Waals surface area contributed by atoms with Crippen molar-refractivity contribution in [2.24, 2.45) is 0 Å². The predicted molar refractivity (Wildman–Crippen MR) is 202 cm³/mol. The van der Waals surface area contributed by atoms with E-state index >= 15 is 0 Å². The highest BCUT2D eigenvalue weighted by molar-refractivity contribution is 7.58. The van der Waals surface area contributed by atoms with E-state index in [9.17, 15) is 19.5 Å². The predicted octanol–water partition coefficient (Wildman–Crippen LogP) is 7.46. The van der Waals surface area contributed by atoms with Gasteiger partial charge < -0.3 is 23.4 Å². The van der Waals surface area contributed by atoms with Gasteiger partial charge in [-0.2, -0.15) is 0 Å². The summed E-state index contributed by atoms with van der Waals surface area (Å²) in [6, 6.07) is 27.3. The molecule has 3 aromatic rings. The molecule has 3 aliphatic heterocycles. The number of hydrogen-bond donors (Lipinski definition) is 0. The number of nitrogens with zero attached hydrogens (tertiary/aromatic N) is 4. The highest BCUT2D eigenvalue weighted by atomic mass is 31.2. The number of esters is 1. The molecule has 0 amide bonds. The zero-order valence-electron chi connectivity index (χ0n) is 31.1. The molecular weight excluding hydrogens is 695 g/mol. The van der Waals surface area contributed by atoms with Gasteiger partial charge in [0, 0.05) is 69.8 Å². The molecule has 3 aliphatic rings. The Morgan fingerprint density at radius 2 is 1.51 bits per heavy atom. The number of piperazine rings is 1. The van der Waals surface area contributed by atoms with Gasteiger partial charge in [0.05, 0.1) is 40.0 Å². The molecule has 0 radical (unpaired) electrons. The number of methoxy groups -OCH3 is 1. The fraction of sp³-hybridized carbons (Fsp3) is 0.425. The zero-order valence-corrected chi connectivity index (χ0v) is 31.9. The molecule has 13 heteroatoms. The molecule has 12 nitrogen and oxygen atoms in total. The Morgan fingerprint density at radius 3 is 2.08 bits per heavy atom. The maximum absolute atomic E-state index is 14.8. The molecule has 0 bridgehead atoms. The number of benzene rings is 3. The van der Waals surface area contributed by atoms with E-state index in [4.69, 9.17) is 18.5 Å². The number of hydrogen-bond acceptors (Lipinski definition) is 11. The van der Waals surface area contributed by atoms with Crippen molar-refractivity contribution in [3.05, 3.63) is 134 Å². The molecule has 282 valence electrons. The van der Waals surface area contributed by atoms with Crippen molar-refractivity contribution in [3.63, 3.8) is 0 Å². The Morgan fingerprint density at radius 1 is 0.906 bits per heavy atom. The molecule has 3 aromatic carbocycles. The van der Waals surface area contributed by atoms with E-state index in [0.717, 1.165) is 26.2 Å². The number of allylic oxidation sites excluding steroid dienone is 3. The molecule has 1 unspecified atom stereocenters. The van der Waals surface area contributed by atoms with E-state index in [1.54, 1.807) is 30.9 Å². The minimum atomic E-state index is -4.03. The van der Waals surface area contributed by atoms with Gasteiger partial charge in [-0.3, -0.25) is 24.5 Å². The lowest BCUT2D eigenvalue weighted by Crippen LogP contribution is -2.48. The summed E-state index contributed by atoms with van der Waals surface area (Å²) in [5.74, 6) is -1.60. The van der Waals surface area contributed by atoms with Crippen molar-refractivity contribution in [1.29, 1.82) is 0 Å². The third-order valence-electron chi connectivity index (χ3n) is 10.3. The van der Waals surface area contributed by atoms with E-state index in [-0.39, 0.29) is 48.2 Å². The van der Waals surface area contributed by atoms with Gasteiger partial charge in [-0.15, -0.1) is 0 Å². The standard InChI is InChI=1S/C40H49N4O8P/c1-28-25-29(2)52-53(48,51-28)39-31(4)43(27-49-5)30(3)36(37(39)34-17-12-18-35(26-34)44(46)47)40(45)50-24-23-41-19-21-42(22-20-41)38(32-13-8-6-9-14-32)33-15-10-7-11-16-33/h6-18,26,28-29,37-38H,19-25,27H2,1-5H3/t28-,29+,37-,53?/m1/s1. The minimum Gasteiger partial charge on any atom is -0.461 e. The van der Waals surface area contributed by atoms with Crippen LogP contribution in [0.4, 0.5) is 5.69 Å². The van der Waals surface area contributed by atoms with Gasteiger partial charge >= 0.3 is 13.6 Å². The fourth-order valence-corrected chi connectivity index (χ4v) is 10.3. The Balaban J connectivity index is 1.23. The smallest absolute Gasteiger partial charge is 0.360 e. The average molecular weight is 745 g/mol. The second-order valence-electron chi connectivity index (χ2n) is 13.9. The van der Waals surface area contributed by atoms with E-state index < -0.39 is 24.4 Å².